The van der Waals surface area contributed by atoms with E-state index in [9.17, 15) is 0 Å². The predicted molar refractivity (Wildman–Crippen MR) is 192 cm³/mol. The Labute approximate surface area is 269 Å². The molecule has 0 aromatic heterocycles. The highest BCUT2D eigenvalue weighted by molar-refractivity contribution is 7.21. The summed E-state index contributed by atoms with van der Waals surface area (Å²) in [5.41, 5.74) is 8.56. The smallest absolute Gasteiger partial charge is 0.260 e. The van der Waals surface area contributed by atoms with Crippen molar-refractivity contribution in [2.75, 3.05) is 0 Å². The fraction of sp³-hybridized carbons (Fsp3) is 0. The van der Waals surface area contributed by atoms with Crippen LogP contribution in [-0.4, -0.2) is 14.8 Å². The molecule has 0 N–H and O–H groups in total. The van der Waals surface area contributed by atoms with E-state index in [-0.39, 0.29) is 6.71 Å². The predicted octanol–water partition coefficient (Wildman–Crippen LogP) is 5.44. The van der Waals surface area contributed by atoms with Crippen LogP contribution < -0.4 is 46.6 Å². The first-order chi connectivity index (χ1) is 22.8. The van der Waals surface area contributed by atoms with Crippen LogP contribution in [0.15, 0.2) is 164 Å². The lowest BCUT2D eigenvalue weighted by Gasteiger charge is -2.38. The normalized spacial score (nSPS) is 14.1. The summed E-state index contributed by atoms with van der Waals surface area (Å²) in [7, 11) is -2.88. The molecule has 7 aromatic carbocycles. The second-order valence-corrected chi connectivity index (χ2v) is 16.1. The van der Waals surface area contributed by atoms with E-state index in [0.29, 0.717) is 0 Å². The van der Waals surface area contributed by atoms with E-state index in [4.69, 9.17) is 9.47 Å². The van der Waals surface area contributed by atoms with E-state index in [0.717, 1.165) is 28.5 Å². The maximum absolute atomic E-state index is 6.93. The standard InChI is InChI=1S/C42H27BO2Si/c1-3-14-28(15-4-1)46(29-16-5-2-6-17-29)40-25-12-9-20-32(40)30-18-7-8-19-31(30)33-26-35-39(27-41(33)46)45-38-24-13-23-37-42(38)43(35)34-21-10-11-22-36(34)44-37/h1-27H. The van der Waals surface area contributed by atoms with Gasteiger partial charge in [-0.15, -0.1) is 0 Å². The van der Waals surface area contributed by atoms with E-state index < -0.39 is 8.07 Å². The van der Waals surface area contributed by atoms with Crippen LogP contribution in [0, 0.1) is 0 Å². The zero-order chi connectivity index (χ0) is 30.2. The number of hydrogen-bond donors (Lipinski definition) is 0. The van der Waals surface area contributed by atoms with Crippen molar-refractivity contribution >= 4 is 51.9 Å². The molecule has 0 saturated heterocycles. The third-order valence-electron chi connectivity index (χ3n) is 10.1. The molecule has 4 heteroatoms. The Morgan fingerprint density at radius 3 is 1.63 bits per heavy atom. The second-order valence-electron chi connectivity index (χ2n) is 12.4. The van der Waals surface area contributed by atoms with Gasteiger partial charge in [-0.2, -0.15) is 0 Å². The summed E-state index contributed by atoms with van der Waals surface area (Å²) in [5.74, 6) is 3.56. The van der Waals surface area contributed by atoms with Gasteiger partial charge in [-0.3, -0.25) is 0 Å². The first kappa shape index (κ1) is 25.7. The van der Waals surface area contributed by atoms with Gasteiger partial charge in [0.05, 0.1) is 0 Å². The molecule has 0 radical (unpaired) electrons. The zero-order valence-corrected chi connectivity index (χ0v) is 26.0. The van der Waals surface area contributed by atoms with Crippen molar-refractivity contribution in [2.45, 2.75) is 0 Å². The molecule has 3 heterocycles. The van der Waals surface area contributed by atoms with Gasteiger partial charge in [0, 0.05) is 5.46 Å². The zero-order valence-electron chi connectivity index (χ0n) is 25.0. The SMILES string of the molecule is c1ccc([Si]2(c3ccccc3)c3ccccc3-c3ccccc3-c3cc4c(cc32)Oc2cccc3c2B4c2ccccc2O3)cc1. The quantitative estimate of drug-likeness (QED) is 0.246. The molecule has 0 unspecified atom stereocenters. The van der Waals surface area contributed by atoms with Crippen LogP contribution in [0.1, 0.15) is 0 Å². The van der Waals surface area contributed by atoms with Crippen LogP contribution in [0.4, 0.5) is 0 Å². The van der Waals surface area contributed by atoms with Crippen LogP contribution in [0.3, 0.4) is 0 Å². The fourth-order valence-corrected chi connectivity index (χ4v) is 13.4. The van der Waals surface area contributed by atoms with Crippen LogP contribution in [-0.2, 0) is 0 Å². The number of ether oxygens (including phenoxy) is 2. The van der Waals surface area contributed by atoms with Gasteiger partial charge in [0.15, 0.2) is 8.07 Å². The number of hydrogen-bond acceptors (Lipinski definition) is 2. The summed E-state index contributed by atoms with van der Waals surface area (Å²) < 4.78 is 13.4. The second kappa shape index (κ2) is 9.71. The number of para-hydroxylation sites is 1. The van der Waals surface area contributed by atoms with Gasteiger partial charge in [-0.1, -0.05) is 140 Å². The van der Waals surface area contributed by atoms with Crippen molar-refractivity contribution in [3.8, 4) is 45.3 Å². The summed E-state index contributed by atoms with van der Waals surface area (Å²) in [4.78, 5) is 0. The van der Waals surface area contributed by atoms with Gasteiger partial charge in [0.2, 0.25) is 0 Å². The van der Waals surface area contributed by atoms with E-state index in [1.807, 2.05) is 6.07 Å². The minimum Gasteiger partial charge on any atom is -0.458 e. The molecule has 0 aliphatic carbocycles. The minimum absolute atomic E-state index is 0.00695. The van der Waals surface area contributed by atoms with Crippen molar-refractivity contribution in [3.63, 3.8) is 0 Å². The highest BCUT2D eigenvalue weighted by Gasteiger charge is 2.48. The van der Waals surface area contributed by atoms with E-state index in [1.165, 1.54) is 53.9 Å². The molecule has 0 amide bonds. The minimum atomic E-state index is -2.88. The van der Waals surface area contributed by atoms with Crippen molar-refractivity contribution in [1.82, 2.24) is 0 Å². The van der Waals surface area contributed by atoms with E-state index in [1.54, 1.807) is 0 Å². The molecule has 3 aliphatic rings. The summed E-state index contributed by atoms with van der Waals surface area (Å²) in [5, 5.41) is 5.46. The van der Waals surface area contributed by atoms with Gasteiger partial charge in [-0.05, 0) is 78.2 Å². The van der Waals surface area contributed by atoms with Gasteiger partial charge < -0.3 is 9.47 Å². The molecular weight excluding hydrogens is 575 g/mol. The lowest BCUT2D eigenvalue weighted by molar-refractivity contribution is 0.465. The highest BCUT2D eigenvalue weighted by atomic mass is 28.3. The fourth-order valence-electron chi connectivity index (χ4n) is 8.27. The topological polar surface area (TPSA) is 18.5 Å². The Kier molecular flexibility index (Phi) is 5.43. The van der Waals surface area contributed by atoms with Gasteiger partial charge >= 0.3 is 0 Å². The lowest BCUT2D eigenvalue weighted by atomic mass is 9.34. The van der Waals surface area contributed by atoms with Crippen LogP contribution in [0.25, 0.3) is 22.3 Å². The lowest BCUT2D eigenvalue weighted by Crippen LogP contribution is -2.75. The Bertz CT molecular complexity index is 2290. The monoisotopic (exact) mass is 602 g/mol. The summed E-state index contributed by atoms with van der Waals surface area (Å²) in [6, 6.07) is 59.9. The average Bonchev–Trinajstić information content (AvgIpc) is 3.23. The van der Waals surface area contributed by atoms with Crippen molar-refractivity contribution in [1.29, 1.82) is 0 Å². The summed E-state index contributed by atoms with van der Waals surface area (Å²) in [6.45, 7) is 0.00695. The maximum Gasteiger partial charge on any atom is 0.260 e. The number of fused-ring (bicyclic) bond motifs is 9. The molecular formula is C42H27BO2Si. The van der Waals surface area contributed by atoms with Crippen LogP contribution >= 0.6 is 0 Å². The third-order valence-corrected chi connectivity index (χ3v) is 15.0. The number of rotatable bonds is 2. The van der Waals surface area contributed by atoms with Gasteiger partial charge in [0.1, 0.15) is 23.0 Å². The van der Waals surface area contributed by atoms with Crippen molar-refractivity contribution in [2.24, 2.45) is 0 Å². The highest BCUT2D eigenvalue weighted by Crippen LogP contribution is 2.39. The Balaban J connectivity index is 1.38. The molecule has 0 spiro atoms. The average molecular weight is 603 g/mol. The maximum atomic E-state index is 6.93. The molecule has 7 aromatic rings. The number of benzene rings is 7. The Morgan fingerprint density at radius 1 is 0.370 bits per heavy atom. The van der Waals surface area contributed by atoms with E-state index >= 15 is 0 Å². The first-order valence-corrected chi connectivity index (χ1v) is 17.9. The molecule has 10 rings (SSSR count). The van der Waals surface area contributed by atoms with Crippen molar-refractivity contribution < 1.29 is 9.47 Å². The van der Waals surface area contributed by atoms with Gasteiger partial charge in [-0.25, -0.2) is 0 Å². The molecule has 0 atom stereocenters. The molecule has 3 aliphatic heterocycles. The Hall–Kier alpha value is -5.58. The van der Waals surface area contributed by atoms with Crippen LogP contribution in [0.2, 0.25) is 0 Å². The van der Waals surface area contributed by atoms with Crippen molar-refractivity contribution in [3.05, 3.63) is 164 Å². The summed E-state index contributed by atoms with van der Waals surface area (Å²) >= 11 is 0. The molecule has 2 nitrogen and oxygen atoms in total. The van der Waals surface area contributed by atoms with Gasteiger partial charge in [0.25, 0.3) is 6.71 Å². The Morgan fingerprint density at radius 2 is 0.913 bits per heavy atom. The molecule has 214 valence electrons. The largest absolute Gasteiger partial charge is 0.458 e. The van der Waals surface area contributed by atoms with E-state index in [2.05, 4.69) is 158 Å². The summed E-state index contributed by atoms with van der Waals surface area (Å²) in [6.07, 6.45) is 0. The first-order valence-electron chi connectivity index (χ1n) is 15.9. The molecule has 0 fully saturated rings. The molecule has 0 bridgehead atoms. The third kappa shape index (κ3) is 3.42. The van der Waals surface area contributed by atoms with Crippen LogP contribution in [0.5, 0.6) is 23.0 Å². The molecule has 46 heavy (non-hydrogen) atoms. The molecule has 0 saturated carbocycles.